The standard InChI is InChI=1S/C10H18N2O/c1-4-11-7-8-12(3)10-6-5-9(2)13-10/h5-6,11H,4,7-8H2,1-3H3. The predicted octanol–water partition coefficient (Wildman–Crippen LogP) is 1.63. The highest BCUT2D eigenvalue weighted by Crippen LogP contribution is 2.15. The van der Waals surface area contributed by atoms with Crippen molar-refractivity contribution in [1.29, 1.82) is 0 Å². The number of aryl methyl sites for hydroxylation is 1. The van der Waals surface area contributed by atoms with Gasteiger partial charge in [-0.2, -0.15) is 0 Å². The Labute approximate surface area is 79.7 Å². The van der Waals surface area contributed by atoms with E-state index in [0.717, 1.165) is 31.3 Å². The molecule has 0 saturated heterocycles. The molecular formula is C10H18N2O. The van der Waals surface area contributed by atoms with E-state index in [1.807, 2.05) is 26.1 Å². The Morgan fingerprint density at radius 1 is 1.46 bits per heavy atom. The van der Waals surface area contributed by atoms with E-state index in [1.54, 1.807) is 0 Å². The summed E-state index contributed by atoms with van der Waals surface area (Å²) in [5.74, 6) is 1.90. The van der Waals surface area contributed by atoms with Crippen LogP contribution in [0.15, 0.2) is 16.5 Å². The molecule has 0 unspecified atom stereocenters. The van der Waals surface area contributed by atoms with Gasteiger partial charge in [0.2, 0.25) is 0 Å². The van der Waals surface area contributed by atoms with Crippen LogP contribution >= 0.6 is 0 Å². The zero-order valence-electron chi connectivity index (χ0n) is 8.63. The first-order chi connectivity index (χ1) is 6.24. The van der Waals surface area contributed by atoms with E-state index in [2.05, 4.69) is 17.1 Å². The molecule has 74 valence electrons. The van der Waals surface area contributed by atoms with E-state index >= 15 is 0 Å². The third kappa shape index (κ3) is 3.11. The summed E-state index contributed by atoms with van der Waals surface area (Å²) in [6.45, 7) is 7.05. The van der Waals surface area contributed by atoms with Crippen LogP contribution in [0.5, 0.6) is 0 Å². The molecule has 0 spiro atoms. The van der Waals surface area contributed by atoms with Crippen LogP contribution in [-0.2, 0) is 0 Å². The molecule has 0 fully saturated rings. The van der Waals surface area contributed by atoms with Crippen LogP contribution in [0.4, 0.5) is 5.88 Å². The minimum atomic E-state index is 0.940. The minimum Gasteiger partial charge on any atom is -0.446 e. The van der Waals surface area contributed by atoms with Crippen LogP contribution in [0.1, 0.15) is 12.7 Å². The summed E-state index contributed by atoms with van der Waals surface area (Å²) < 4.78 is 5.47. The first-order valence-electron chi connectivity index (χ1n) is 4.72. The molecule has 0 aromatic carbocycles. The topological polar surface area (TPSA) is 28.4 Å². The Morgan fingerprint density at radius 3 is 2.77 bits per heavy atom. The molecule has 0 aliphatic carbocycles. The number of hydrogen-bond acceptors (Lipinski definition) is 3. The molecule has 1 N–H and O–H groups in total. The second-order valence-electron chi connectivity index (χ2n) is 3.16. The van der Waals surface area contributed by atoms with Crippen LogP contribution in [-0.4, -0.2) is 26.7 Å². The molecule has 3 nitrogen and oxygen atoms in total. The van der Waals surface area contributed by atoms with Crippen molar-refractivity contribution in [2.75, 3.05) is 31.6 Å². The van der Waals surface area contributed by atoms with Gasteiger partial charge in [0.15, 0.2) is 5.88 Å². The van der Waals surface area contributed by atoms with E-state index in [-0.39, 0.29) is 0 Å². The number of anilines is 1. The number of furan rings is 1. The number of likely N-dealkylation sites (N-methyl/N-ethyl adjacent to an activating group) is 2. The van der Waals surface area contributed by atoms with Gasteiger partial charge in [-0.3, -0.25) is 0 Å². The highest BCUT2D eigenvalue weighted by Gasteiger charge is 2.03. The average molecular weight is 182 g/mol. The van der Waals surface area contributed by atoms with Gasteiger partial charge < -0.3 is 14.6 Å². The van der Waals surface area contributed by atoms with E-state index in [0.29, 0.717) is 0 Å². The molecule has 1 aromatic rings. The van der Waals surface area contributed by atoms with Crippen LogP contribution < -0.4 is 10.2 Å². The second-order valence-corrected chi connectivity index (χ2v) is 3.16. The van der Waals surface area contributed by atoms with E-state index in [9.17, 15) is 0 Å². The van der Waals surface area contributed by atoms with Gasteiger partial charge in [0, 0.05) is 26.2 Å². The van der Waals surface area contributed by atoms with Gasteiger partial charge >= 0.3 is 0 Å². The van der Waals surface area contributed by atoms with Crippen molar-refractivity contribution in [1.82, 2.24) is 5.32 Å². The molecular weight excluding hydrogens is 164 g/mol. The third-order valence-corrected chi connectivity index (χ3v) is 1.98. The lowest BCUT2D eigenvalue weighted by atomic mass is 10.5. The van der Waals surface area contributed by atoms with E-state index < -0.39 is 0 Å². The monoisotopic (exact) mass is 182 g/mol. The van der Waals surface area contributed by atoms with Crippen molar-refractivity contribution in [2.24, 2.45) is 0 Å². The first kappa shape index (κ1) is 10.1. The van der Waals surface area contributed by atoms with Crippen molar-refractivity contribution in [3.8, 4) is 0 Å². The van der Waals surface area contributed by atoms with Crippen LogP contribution in [0, 0.1) is 6.92 Å². The number of nitrogens with one attached hydrogen (secondary N) is 1. The summed E-state index contributed by atoms with van der Waals surface area (Å²) in [6.07, 6.45) is 0. The summed E-state index contributed by atoms with van der Waals surface area (Å²) in [4.78, 5) is 2.11. The van der Waals surface area contributed by atoms with Crippen molar-refractivity contribution >= 4 is 5.88 Å². The summed E-state index contributed by atoms with van der Waals surface area (Å²) in [5.41, 5.74) is 0. The summed E-state index contributed by atoms with van der Waals surface area (Å²) in [6, 6.07) is 3.99. The highest BCUT2D eigenvalue weighted by molar-refractivity contribution is 5.34. The summed E-state index contributed by atoms with van der Waals surface area (Å²) in [7, 11) is 2.04. The van der Waals surface area contributed by atoms with Crippen molar-refractivity contribution in [3.63, 3.8) is 0 Å². The van der Waals surface area contributed by atoms with Crippen molar-refractivity contribution in [3.05, 3.63) is 17.9 Å². The number of rotatable bonds is 5. The molecule has 1 heterocycles. The average Bonchev–Trinajstić information content (AvgIpc) is 2.52. The Balaban J connectivity index is 2.35. The van der Waals surface area contributed by atoms with Crippen molar-refractivity contribution < 1.29 is 4.42 Å². The molecule has 1 aromatic heterocycles. The predicted molar refractivity (Wildman–Crippen MR) is 55.3 cm³/mol. The van der Waals surface area contributed by atoms with Crippen LogP contribution in [0.3, 0.4) is 0 Å². The van der Waals surface area contributed by atoms with Gasteiger partial charge in [-0.15, -0.1) is 0 Å². The summed E-state index contributed by atoms with van der Waals surface area (Å²) >= 11 is 0. The normalized spacial score (nSPS) is 10.4. The van der Waals surface area contributed by atoms with Gasteiger partial charge in [0.25, 0.3) is 0 Å². The van der Waals surface area contributed by atoms with Crippen LogP contribution in [0.25, 0.3) is 0 Å². The molecule has 13 heavy (non-hydrogen) atoms. The zero-order valence-corrected chi connectivity index (χ0v) is 8.63. The lowest BCUT2D eigenvalue weighted by Crippen LogP contribution is -2.28. The maximum Gasteiger partial charge on any atom is 0.195 e. The van der Waals surface area contributed by atoms with Gasteiger partial charge in [-0.25, -0.2) is 0 Å². The lowest BCUT2D eigenvalue weighted by molar-refractivity contribution is 0.523. The van der Waals surface area contributed by atoms with E-state index in [1.165, 1.54) is 0 Å². The Bertz CT molecular complexity index is 245. The fraction of sp³-hybridized carbons (Fsp3) is 0.600. The maximum absolute atomic E-state index is 5.47. The van der Waals surface area contributed by atoms with Gasteiger partial charge in [0.05, 0.1) is 0 Å². The molecule has 0 aliphatic heterocycles. The molecule has 0 atom stereocenters. The first-order valence-corrected chi connectivity index (χ1v) is 4.72. The fourth-order valence-electron chi connectivity index (χ4n) is 1.16. The minimum absolute atomic E-state index is 0.940. The second kappa shape index (κ2) is 4.92. The Morgan fingerprint density at radius 2 is 2.23 bits per heavy atom. The quantitative estimate of drug-likeness (QED) is 0.702. The smallest absolute Gasteiger partial charge is 0.195 e. The molecule has 1 rings (SSSR count). The van der Waals surface area contributed by atoms with Gasteiger partial charge in [-0.1, -0.05) is 6.92 Å². The zero-order chi connectivity index (χ0) is 9.68. The number of nitrogens with zero attached hydrogens (tertiary/aromatic N) is 1. The SMILES string of the molecule is CCNCCN(C)c1ccc(C)o1. The largest absolute Gasteiger partial charge is 0.446 e. The Hall–Kier alpha value is -0.960. The van der Waals surface area contributed by atoms with Gasteiger partial charge in [-0.05, 0) is 19.5 Å². The molecule has 3 heteroatoms. The molecule has 0 bridgehead atoms. The lowest BCUT2D eigenvalue weighted by Gasteiger charge is -2.15. The maximum atomic E-state index is 5.47. The molecule has 0 saturated carbocycles. The molecule has 0 aliphatic rings. The summed E-state index contributed by atoms with van der Waals surface area (Å²) in [5, 5.41) is 3.27. The van der Waals surface area contributed by atoms with E-state index in [4.69, 9.17) is 4.42 Å². The molecule has 0 amide bonds. The highest BCUT2D eigenvalue weighted by atomic mass is 16.4. The third-order valence-electron chi connectivity index (χ3n) is 1.98. The van der Waals surface area contributed by atoms with Crippen LogP contribution in [0.2, 0.25) is 0 Å². The number of hydrogen-bond donors (Lipinski definition) is 1. The molecule has 0 radical (unpaired) electrons. The van der Waals surface area contributed by atoms with Crippen molar-refractivity contribution in [2.45, 2.75) is 13.8 Å². The Kier molecular flexibility index (Phi) is 3.83. The van der Waals surface area contributed by atoms with Gasteiger partial charge in [0.1, 0.15) is 5.76 Å². The fourth-order valence-corrected chi connectivity index (χ4v) is 1.16.